The van der Waals surface area contributed by atoms with E-state index in [-0.39, 0.29) is 11.8 Å². The van der Waals surface area contributed by atoms with Crippen molar-refractivity contribution in [1.82, 2.24) is 4.90 Å². The van der Waals surface area contributed by atoms with E-state index in [4.69, 9.17) is 9.47 Å². The molecule has 4 nitrogen and oxygen atoms in total. The topological polar surface area (TPSA) is 38.8 Å². The lowest BCUT2D eigenvalue weighted by Crippen LogP contribution is -2.57. The fourth-order valence-electron chi connectivity index (χ4n) is 1.92. The largest absolute Gasteiger partial charge is 0.378 e. The smallest absolute Gasteiger partial charge is 0.152 e. The summed E-state index contributed by atoms with van der Waals surface area (Å²) in [7, 11) is 0. The fraction of sp³-hybridized carbons (Fsp3) is 0.727. The van der Waals surface area contributed by atoms with Gasteiger partial charge in [-0.2, -0.15) is 0 Å². The van der Waals surface area contributed by atoms with Crippen LogP contribution in [0.5, 0.6) is 0 Å². The molecule has 0 aromatic rings. The van der Waals surface area contributed by atoms with Crippen molar-refractivity contribution in [1.29, 1.82) is 0 Å². The van der Waals surface area contributed by atoms with Crippen molar-refractivity contribution in [3.63, 3.8) is 0 Å². The fourth-order valence-corrected chi connectivity index (χ4v) is 1.92. The Morgan fingerprint density at radius 2 is 2.13 bits per heavy atom. The van der Waals surface area contributed by atoms with Crippen molar-refractivity contribution in [3.8, 4) is 0 Å². The predicted octanol–water partition coefficient (Wildman–Crippen LogP) is 0.231. The zero-order chi connectivity index (χ0) is 10.7. The quantitative estimate of drug-likeness (QED) is 0.626. The zero-order valence-electron chi connectivity index (χ0n) is 9.02. The third-order valence-corrected chi connectivity index (χ3v) is 2.85. The molecule has 0 unspecified atom stereocenters. The molecule has 15 heavy (non-hydrogen) atoms. The molecule has 0 spiro atoms. The summed E-state index contributed by atoms with van der Waals surface area (Å²) < 4.78 is 10.6. The van der Waals surface area contributed by atoms with Gasteiger partial charge in [-0.1, -0.05) is 6.08 Å². The Morgan fingerprint density at radius 1 is 1.33 bits per heavy atom. The number of rotatable bonds is 3. The Kier molecular flexibility index (Phi) is 3.51. The third kappa shape index (κ3) is 2.65. The normalized spacial score (nSPS) is 29.3. The van der Waals surface area contributed by atoms with E-state index in [1.807, 2.05) is 6.08 Å². The monoisotopic (exact) mass is 211 g/mol. The van der Waals surface area contributed by atoms with Crippen LogP contribution >= 0.6 is 0 Å². The summed E-state index contributed by atoms with van der Waals surface area (Å²) in [5, 5.41) is 0. The van der Waals surface area contributed by atoms with Crippen LogP contribution in [0.4, 0.5) is 0 Å². The highest BCUT2D eigenvalue weighted by Crippen LogP contribution is 2.17. The molecule has 0 aromatic carbocycles. The molecule has 2 rings (SSSR count). The van der Waals surface area contributed by atoms with Crippen LogP contribution in [0, 0.1) is 0 Å². The molecule has 2 heterocycles. The second kappa shape index (κ2) is 4.88. The second-order valence-electron chi connectivity index (χ2n) is 4.04. The number of carbonyl (C=O) groups excluding carboxylic acids is 1. The van der Waals surface area contributed by atoms with E-state index >= 15 is 0 Å². The highest BCUT2D eigenvalue weighted by Gasteiger charge is 2.32. The van der Waals surface area contributed by atoms with Gasteiger partial charge < -0.3 is 9.47 Å². The molecule has 0 N–H and O–H groups in total. The van der Waals surface area contributed by atoms with Crippen molar-refractivity contribution in [2.45, 2.75) is 19.0 Å². The number of hydrogen-bond acceptors (Lipinski definition) is 4. The Hall–Kier alpha value is -0.710. The van der Waals surface area contributed by atoms with Gasteiger partial charge in [-0.3, -0.25) is 9.69 Å². The van der Waals surface area contributed by atoms with E-state index in [1.165, 1.54) is 0 Å². The average molecular weight is 211 g/mol. The zero-order valence-corrected chi connectivity index (χ0v) is 9.02. The first kappa shape index (κ1) is 10.8. The van der Waals surface area contributed by atoms with Gasteiger partial charge in [0.1, 0.15) is 0 Å². The van der Waals surface area contributed by atoms with Gasteiger partial charge in [0.05, 0.1) is 38.5 Å². The minimum atomic E-state index is 0.0883. The number of morpholine rings is 1. The van der Waals surface area contributed by atoms with E-state index in [1.54, 1.807) is 13.0 Å². The lowest BCUT2D eigenvalue weighted by molar-refractivity contribution is -0.113. The first-order valence-electron chi connectivity index (χ1n) is 5.37. The Bertz CT molecular complexity index is 261. The van der Waals surface area contributed by atoms with Gasteiger partial charge in [-0.05, 0) is 13.0 Å². The Balaban J connectivity index is 1.95. The van der Waals surface area contributed by atoms with Crippen LogP contribution < -0.4 is 0 Å². The highest BCUT2D eigenvalue weighted by molar-refractivity contribution is 5.87. The van der Waals surface area contributed by atoms with Gasteiger partial charge in [0, 0.05) is 6.54 Å². The molecule has 84 valence electrons. The third-order valence-electron chi connectivity index (χ3n) is 2.85. The maximum Gasteiger partial charge on any atom is 0.152 e. The molecule has 0 amide bonds. The summed E-state index contributed by atoms with van der Waals surface area (Å²) >= 11 is 0. The van der Waals surface area contributed by atoms with E-state index in [2.05, 4.69) is 4.90 Å². The van der Waals surface area contributed by atoms with Gasteiger partial charge in [0.15, 0.2) is 5.78 Å². The van der Waals surface area contributed by atoms with Gasteiger partial charge in [-0.25, -0.2) is 0 Å². The predicted molar refractivity (Wildman–Crippen MR) is 55.7 cm³/mol. The maximum atomic E-state index is 10.9. The highest BCUT2D eigenvalue weighted by atomic mass is 16.5. The lowest BCUT2D eigenvalue weighted by Gasteiger charge is -2.43. The number of hydrogen-bond donors (Lipinski definition) is 0. The summed E-state index contributed by atoms with van der Waals surface area (Å²) in [5.41, 5.74) is 0. The van der Waals surface area contributed by atoms with E-state index < -0.39 is 0 Å². The molecule has 2 fully saturated rings. The van der Waals surface area contributed by atoms with Gasteiger partial charge in [-0.15, -0.1) is 0 Å². The Morgan fingerprint density at radius 3 is 2.73 bits per heavy atom. The Labute approximate surface area is 89.8 Å². The molecule has 2 aliphatic heterocycles. The number of ether oxygens (including phenoxy) is 2. The molecule has 0 radical (unpaired) electrons. The first-order chi connectivity index (χ1) is 7.27. The van der Waals surface area contributed by atoms with Crippen LogP contribution in [0.15, 0.2) is 12.2 Å². The molecule has 0 aromatic heterocycles. The van der Waals surface area contributed by atoms with Gasteiger partial charge in [0.25, 0.3) is 0 Å². The number of allylic oxidation sites excluding steroid dienone is 1. The van der Waals surface area contributed by atoms with Crippen LogP contribution in [0.2, 0.25) is 0 Å². The molecule has 2 saturated heterocycles. The first-order valence-corrected chi connectivity index (χ1v) is 5.37. The number of nitrogens with zero attached hydrogens (tertiary/aromatic N) is 1. The van der Waals surface area contributed by atoms with Crippen LogP contribution in [-0.4, -0.2) is 55.7 Å². The molecular weight excluding hydrogens is 194 g/mol. The summed E-state index contributed by atoms with van der Waals surface area (Å²) in [6, 6.07) is 0.743. The maximum absolute atomic E-state index is 10.9. The summed E-state index contributed by atoms with van der Waals surface area (Å²) in [5.74, 6) is 0.0883. The number of carbonyl (C=O) groups is 1. The van der Waals surface area contributed by atoms with Crippen LogP contribution in [0.25, 0.3) is 0 Å². The second-order valence-corrected chi connectivity index (χ2v) is 4.04. The minimum absolute atomic E-state index is 0.0883. The molecule has 0 aliphatic carbocycles. The SMILES string of the molecule is CC(=O)/C=C/[C@@H]1COCCN1C1COC1. The average Bonchev–Trinajstić information content (AvgIpc) is 2.14. The van der Waals surface area contributed by atoms with E-state index in [0.717, 1.165) is 26.4 Å². The lowest BCUT2D eigenvalue weighted by atomic mass is 10.1. The molecule has 1 atom stereocenters. The summed E-state index contributed by atoms with van der Waals surface area (Å²) in [6.45, 7) is 5.58. The van der Waals surface area contributed by atoms with E-state index in [0.29, 0.717) is 12.6 Å². The molecular formula is C11H17NO3. The van der Waals surface area contributed by atoms with Crippen LogP contribution in [0.3, 0.4) is 0 Å². The number of ketones is 1. The van der Waals surface area contributed by atoms with Crippen LogP contribution in [-0.2, 0) is 14.3 Å². The molecule has 0 saturated carbocycles. The molecule has 4 heteroatoms. The van der Waals surface area contributed by atoms with Crippen molar-refractivity contribution in [2.75, 3.05) is 33.0 Å². The van der Waals surface area contributed by atoms with Crippen molar-refractivity contribution < 1.29 is 14.3 Å². The standard InChI is InChI=1S/C11H17NO3/c1-9(13)2-3-10-6-14-5-4-12(10)11-7-15-8-11/h2-3,10-11H,4-8H2,1H3/b3-2+/t10-/m1/s1. The van der Waals surface area contributed by atoms with Gasteiger partial charge in [0.2, 0.25) is 0 Å². The minimum Gasteiger partial charge on any atom is -0.378 e. The summed E-state index contributed by atoms with van der Waals surface area (Å²) in [4.78, 5) is 13.2. The molecule has 0 bridgehead atoms. The van der Waals surface area contributed by atoms with Crippen molar-refractivity contribution >= 4 is 5.78 Å². The van der Waals surface area contributed by atoms with Crippen LogP contribution in [0.1, 0.15) is 6.92 Å². The summed E-state index contributed by atoms with van der Waals surface area (Å²) in [6.07, 6.45) is 3.58. The van der Waals surface area contributed by atoms with Crippen molar-refractivity contribution in [3.05, 3.63) is 12.2 Å². The molecule has 2 aliphatic rings. The van der Waals surface area contributed by atoms with Gasteiger partial charge >= 0.3 is 0 Å². The van der Waals surface area contributed by atoms with E-state index in [9.17, 15) is 4.79 Å². The van der Waals surface area contributed by atoms with Crippen molar-refractivity contribution in [2.24, 2.45) is 0 Å².